The number of esters is 4. The van der Waals surface area contributed by atoms with Crippen molar-refractivity contribution in [2.24, 2.45) is 11.3 Å². The summed E-state index contributed by atoms with van der Waals surface area (Å²) < 4.78 is 33.5. The van der Waals surface area contributed by atoms with E-state index in [0.717, 1.165) is 25.8 Å². The first kappa shape index (κ1) is 31.4. The molecule has 214 valence electrons. The zero-order valence-corrected chi connectivity index (χ0v) is 23.4. The quantitative estimate of drug-likeness (QED) is 0.298. The molecule has 1 aliphatic carbocycles. The number of allylic oxidation sites excluding steroid dienone is 2. The van der Waals surface area contributed by atoms with E-state index < -0.39 is 60.7 Å². The van der Waals surface area contributed by atoms with Gasteiger partial charge in [0.25, 0.3) is 0 Å². The van der Waals surface area contributed by atoms with Crippen LogP contribution < -0.4 is 0 Å². The summed E-state index contributed by atoms with van der Waals surface area (Å²) in [5.74, 6) is -2.40. The van der Waals surface area contributed by atoms with Crippen molar-refractivity contribution in [3.8, 4) is 0 Å². The highest BCUT2D eigenvalue weighted by atomic mass is 16.7. The zero-order valence-electron chi connectivity index (χ0n) is 23.4. The number of hydrogen-bond donors (Lipinski definition) is 0. The molecule has 0 aromatic heterocycles. The Morgan fingerprint density at radius 1 is 0.947 bits per heavy atom. The van der Waals surface area contributed by atoms with Gasteiger partial charge >= 0.3 is 23.9 Å². The van der Waals surface area contributed by atoms with Crippen molar-refractivity contribution in [2.75, 3.05) is 6.61 Å². The molecule has 0 amide bonds. The minimum atomic E-state index is -1.28. The predicted octanol–water partition coefficient (Wildman–Crippen LogP) is 2.82. The maximum absolute atomic E-state index is 12.0. The van der Waals surface area contributed by atoms with Gasteiger partial charge in [0.1, 0.15) is 12.7 Å². The van der Waals surface area contributed by atoms with Gasteiger partial charge in [0.15, 0.2) is 30.4 Å². The molecule has 0 aromatic carbocycles. The first-order chi connectivity index (χ1) is 17.6. The molecule has 1 aliphatic heterocycles. The average Bonchev–Trinajstić information content (AvgIpc) is 2.74. The van der Waals surface area contributed by atoms with Gasteiger partial charge in [-0.2, -0.15) is 0 Å². The van der Waals surface area contributed by atoms with Crippen LogP contribution in [0.15, 0.2) is 11.6 Å². The van der Waals surface area contributed by atoms with Gasteiger partial charge in [-0.25, -0.2) is 0 Å². The van der Waals surface area contributed by atoms with E-state index >= 15 is 0 Å². The average molecular weight is 541 g/mol. The third-order valence-corrected chi connectivity index (χ3v) is 6.69. The van der Waals surface area contributed by atoms with Crippen molar-refractivity contribution in [3.05, 3.63) is 11.6 Å². The van der Waals surface area contributed by atoms with Crippen LogP contribution in [0.5, 0.6) is 0 Å². The lowest BCUT2D eigenvalue weighted by Gasteiger charge is -2.44. The van der Waals surface area contributed by atoms with Crippen molar-refractivity contribution in [1.82, 2.24) is 0 Å². The molecule has 7 atom stereocenters. The van der Waals surface area contributed by atoms with Crippen LogP contribution in [0.2, 0.25) is 0 Å². The molecule has 0 N–H and O–H groups in total. The Labute approximate surface area is 223 Å². The molecule has 0 saturated carbocycles. The Hall–Kier alpha value is -2.79. The van der Waals surface area contributed by atoms with Crippen molar-refractivity contribution in [3.63, 3.8) is 0 Å². The maximum Gasteiger partial charge on any atom is 0.303 e. The van der Waals surface area contributed by atoms with Gasteiger partial charge in [-0.05, 0) is 44.1 Å². The molecule has 11 heteroatoms. The summed E-state index contributed by atoms with van der Waals surface area (Å²) in [5, 5.41) is 0. The first-order valence-corrected chi connectivity index (χ1v) is 12.8. The van der Waals surface area contributed by atoms with Gasteiger partial charge in [-0.3, -0.25) is 24.0 Å². The van der Waals surface area contributed by atoms with Crippen LogP contribution in [0.3, 0.4) is 0 Å². The lowest BCUT2D eigenvalue weighted by molar-refractivity contribution is -0.316. The largest absolute Gasteiger partial charge is 0.463 e. The molecular formula is C27H40O11. The van der Waals surface area contributed by atoms with Crippen LogP contribution >= 0.6 is 0 Å². The van der Waals surface area contributed by atoms with Crippen LogP contribution in [0, 0.1) is 11.3 Å². The van der Waals surface area contributed by atoms with E-state index in [1.807, 2.05) is 13.8 Å². The third kappa shape index (κ3) is 8.90. The molecule has 0 radical (unpaired) electrons. The first-order valence-electron chi connectivity index (χ1n) is 12.8. The Bertz CT molecular complexity index is 937. The van der Waals surface area contributed by atoms with Crippen LogP contribution in [-0.2, 0) is 52.4 Å². The molecule has 1 fully saturated rings. The number of hydrogen-bond acceptors (Lipinski definition) is 11. The van der Waals surface area contributed by atoms with Crippen molar-refractivity contribution in [1.29, 1.82) is 0 Å². The summed E-state index contributed by atoms with van der Waals surface area (Å²) in [7, 11) is 0. The highest BCUT2D eigenvalue weighted by molar-refractivity contribution is 5.92. The lowest BCUT2D eigenvalue weighted by Crippen LogP contribution is -2.63. The van der Waals surface area contributed by atoms with Crippen molar-refractivity contribution >= 4 is 29.7 Å². The van der Waals surface area contributed by atoms with E-state index in [2.05, 4.69) is 13.8 Å². The molecule has 11 nitrogen and oxygen atoms in total. The summed E-state index contributed by atoms with van der Waals surface area (Å²) in [6.07, 6.45) is -2.99. The summed E-state index contributed by atoms with van der Waals surface area (Å²) in [5.41, 5.74) is 0.815. The molecule has 2 aliphatic rings. The fourth-order valence-electron chi connectivity index (χ4n) is 5.21. The molecule has 0 spiro atoms. The van der Waals surface area contributed by atoms with Crippen LogP contribution in [0.1, 0.15) is 74.7 Å². The van der Waals surface area contributed by atoms with Crippen LogP contribution in [0.4, 0.5) is 0 Å². The van der Waals surface area contributed by atoms with Crippen molar-refractivity contribution in [2.45, 2.75) is 111 Å². The lowest BCUT2D eigenvalue weighted by atomic mass is 9.66. The zero-order chi connectivity index (χ0) is 28.8. The summed E-state index contributed by atoms with van der Waals surface area (Å²) in [6.45, 7) is 12.3. The topological polar surface area (TPSA) is 141 Å². The third-order valence-electron chi connectivity index (χ3n) is 6.69. The summed E-state index contributed by atoms with van der Waals surface area (Å²) >= 11 is 0. The van der Waals surface area contributed by atoms with Gasteiger partial charge < -0.3 is 28.4 Å². The predicted molar refractivity (Wildman–Crippen MR) is 132 cm³/mol. The van der Waals surface area contributed by atoms with Gasteiger partial charge in [0, 0.05) is 34.1 Å². The maximum atomic E-state index is 12.0. The fraction of sp³-hybridized carbons (Fsp3) is 0.741. The molecule has 1 saturated heterocycles. The van der Waals surface area contributed by atoms with E-state index in [-0.39, 0.29) is 23.7 Å². The van der Waals surface area contributed by atoms with Crippen LogP contribution in [0.25, 0.3) is 0 Å². The van der Waals surface area contributed by atoms with Crippen LogP contribution in [-0.4, -0.2) is 73.1 Å². The number of carbonyl (C=O) groups excluding carboxylic acids is 5. The van der Waals surface area contributed by atoms with E-state index in [9.17, 15) is 24.0 Å². The second-order valence-electron chi connectivity index (χ2n) is 10.7. The molecule has 38 heavy (non-hydrogen) atoms. The summed E-state index contributed by atoms with van der Waals surface area (Å²) in [6, 6.07) is 0. The summed E-state index contributed by atoms with van der Waals surface area (Å²) in [4.78, 5) is 59.3. The van der Waals surface area contributed by atoms with Gasteiger partial charge in [-0.1, -0.05) is 19.4 Å². The van der Waals surface area contributed by atoms with E-state index in [0.29, 0.717) is 12.8 Å². The Morgan fingerprint density at radius 2 is 1.50 bits per heavy atom. The number of ether oxygens (including phenoxy) is 6. The molecule has 0 bridgehead atoms. The van der Waals surface area contributed by atoms with E-state index in [1.165, 1.54) is 13.8 Å². The normalized spacial score (nSPS) is 29.5. The fourth-order valence-corrected chi connectivity index (χ4v) is 5.21. The number of carbonyl (C=O) groups is 5. The Morgan fingerprint density at radius 3 is 2.03 bits per heavy atom. The molecule has 2 unspecified atom stereocenters. The van der Waals surface area contributed by atoms with Gasteiger partial charge in [-0.15, -0.1) is 0 Å². The Balaban J connectivity index is 2.29. The number of rotatable bonds is 10. The highest BCUT2D eigenvalue weighted by Gasteiger charge is 2.53. The second kappa shape index (κ2) is 13.3. The number of ketones is 1. The van der Waals surface area contributed by atoms with Gasteiger partial charge in [0.2, 0.25) is 0 Å². The Kier molecular flexibility index (Phi) is 11.0. The second-order valence-corrected chi connectivity index (χ2v) is 10.7. The van der Waals surface area contributed by atoms with Gasteiger partial charge in [0.05, 0.1) is 6.10 Å². The highest BCUT2D eigenvalue weighted by Crippen LogP contribution is 2.42. The minimum absolute atomic E-state index is 0.116. The SMILES string of the molecule is CC(=O)OC[C@H]1O[C@@H](OC(C)CCC2C(C)=CC(=O)CC2(C)C)[C@H](OC(C)=O)[C@@H](OC(C)=O)[C@@H]1OC(C)=O. The standard InChI is InChI=1S/C27H40O11/c1-14-11-20(32)12-27(7,8)21(14)10-9-15(2)34-26-25(37-19(6)31)24(36-18(5)30)23(35-17(4)29)22(38-26)13-33-16(3)28/h11,15,21-26H,9-10,12-13H2,1-8H3/t15?,21?,22-,23-,24+,25-,26-/m1/s1. The van der Waals surface area contributed by atoms with E-state index in [4.69, 9.17) is 28.4 Å². The molecule has 0 aromatic rings. The molecule has 2 rings (SSSR count). The minimum Gasteiger partial charge on any atom is -0.463 e. The molecule has 1 heterocycles. The monoisotopic (exact) mass is 540 g/mol. The molecular weight excluding hydrogens is 500 g/mol. The smallest absolute Gasteiger partial charge is 0.303 e. The van der Waals surface area contributed by atoms with E-state index in [1.54, 1.807) is 6.08 Å². The van der Waals surface area contributed by atoms with Crippen molar-refractivity contribution < 1.29 is 52.4 Å².